The maximum absolute atomic E-state index is 12.6. The number of carbonyl (C=O) groups is 1. The van der Waals surface area contributed by atoms with Crippen LogP contribution in [-0.2, 0) is 0 Å². The molecule has 1 aromatic heterocycles. The molecule has 0 saturated heterocycles. The van der Waals surface area contributed by atoms with Crippen molar-refractivity contribution in [3.8, 4) is 17.0 Å². The zero-order chi connectivity index (χ0) is 17.8. The number of nitrogens with zero attached hydrogens (tertiary/aromatic N) is 1. The van der Waals surface area contributed by atoms with Crippen molar-refractivity contribution in [2.75, 3.05) is 18.2 Å². The fourth-order valence-corrected chi connectivity index (χ4v) is 2.74. The molecule has 0 fully saturated rings. The third-order valence-electron chi connectivity index (χ3n) is 3.71. The van der Waals surface area contributed by atoms with Gasteiger partial charge in [-0.25, -0.2) is 4.98 Å². The van der Waals surface area contributed by atoms with E-state index in [1.165, 1.54) is 13.3 Å². The molecule has 3 N–H and O–H groups in total. The lowest BCUT2D eigenvalue weighted by molar-refractivity contribution is 0.102. The van der Waals surface area contributed by atoms with Gasteiger partial charge in [-0.1, -0.05) is 41.9 Å². The summed E-state index contributed by atoms with van der Waals surface area (Å²) in [4.78, 5) is 16.6. The maximum atomic E-state index is 12.6. The molecule has 6 heteroatoms. The van der Waals surface area contributed by atoms with E-state index in [2.05, 4.69) is 10.3 Å². The molecule has 0 bridgehead atoms. The lowest BCUT2D eigenvalue weighted by Gasteiger charge is -2.13. The molecule has 3 aromatic rings. The van der Waals surface area contributed by atoms with E-state index in [0.717, 1.165) is 5.56 Å². The summed E-state index contributed by atoms with van der Waals surface area (Å²) in [5, 5.41) is 3.26. The van der Waals surface area contributed by atoms with Crippen LogP contribution in [0.5, 0.6) is 5.88 Å². The molecule has 0 saturated carbocycles. The Morgan fingerprint density at radius 3 is 2.52 bits per heavy atom. The van der Waals surface area contributed by atoms with Crippen LogP contribution in [0.3, 0.4) is 0 Å². The Bertz CT molecular complexity index is 897. The Morgan fingerprint density at radius 2 is 1.88 bits per heavy atom. The summed E-state index contributed by atoms with van der Waals surface area (Å²) in [6.07, 6.45) is 1.51. The third kappa shape index (κ3) is 3.56. The molecular formula is C19H16ClN3O2. The van der Waals surface area contributed by atoms with Gasteiger partial charge in [-0.3, -0.25) is 4.79 Å². The average Bonchev–Trinajstić information content (AvgIpc) is 2.63. The van der Waals surface area contributed by atoms with Gasteiger partial charge >= 0.3 is 0 Å². The van der Waals surface area contributed by atoms with Gasteiger partial charge in [0, 0.05) is 11.6 Å². The lowest BCUT2D eigenvalue weighted by atomic mass is 9.99. The number of amides is 1. The quantitative estimate of drug-likeness (QED) is 0.687. The fraction of sp³-hybridized carbons (Fsp3) is 0.0526. The van der Waals surface area contributed by atoms with Crippen molar-refractivity contribution in [1.82, 2.24) is 4.98 Å². The van der Waals surface area contributed by atoms with Crippen molar-refractivity contribution in [1.29, 1.82) is 0 Å². The number of nitrogen functional groups attached to an aromatic ring is 1. The van der Waals surface area contributed by atoms with Crippen molar-refractivity contribution in [3.05, 3.63) is 71.4 Å². The third-order valence-corrected chi connectivity index (χ3v) is 4.02. The van der Waals surface area contributed by atoms with Crippen LogP contribution >= 0.6 is 11.6 Å². The second-order valence-electron chi connectivity index (χ2n) is 5.29. The monoisotopic (exact) mass is 353 g/mol. The molecule has 0 radical (unpaired) electrons. The molecule has 0 aliphatic carbocycles. The largest absolute Gasteiger partial charge is 0.481 e. The Morgan fingerprint density at radius 1 is 1.12 bits per heavy atom. The summed E-state index contributed by atoms with van der Waals surface area (Å²) in [5.41, 5.74) is 8.95. The van der Waals surface area contributed by atoms with Gasteiger partial charge in [0.15, 0.2) is 0 Å². The van der Waals surface area contributed by atoms with Crippen molar-refractivity contribution >= 4 is 28.9 Å². The van der Waals surface area contributed by atoms with Gasteiger partial charge in [0.25, 0.3) is 5.91 Å². The van der Waals surface area contributed by atoms with Crippen LogP contribution in [0.1, 0.15) is 10.4 Å². The number of hydrogen-bond donors (Lipinski definition) is 2. The Hall–Kier alpha value is -3.05. The fourth-order valence-electron chi connectivity index (χ4n) is 2.46. The van der Waals surface area contributed by atoms with E-state index in [4.69, 9.17) is 22.1 Å². The minimum absolute atomic E-state index is 0.331. The first-order valence-electron chi connectivity index (χ1n) is 7.55. The number of pyridine rings is 1. The van der Waals surface area contributed by atoms with E-state index in [0.29, 0.717) is 33.4 Å². The minimum Gasteiger partial charge on any atom is -0.481 e. The first kappa shape index (κ1) is 16.8. The van der Waals surface area contributed by atoms with Crippen LogP contribution in [0.2, 0.25) is 5.02 Å². The van der Waals surface area contributed by atoms with Crippen molar-refractivity contribution in [2.45, 2.75) is 0 Å². The Balaban J connectivity index is 1.93. The van der Waals surface area contributed by atoms with Crippen LogP contribution in [0, 0.1) is 0 Å². The van der Waals surface area contributed by atoms with E-state index in [-0.39, 0.29) is 5.91 Å². The first-order valence-corrected chi connectivity index (χ1v) is 7.92. The van der Waals surface area contributed by atoms with Crippen molar-refractivity contribution in [3.63, 3.8) is 0 Å². The predicted molar refractivity (Wildman–Crippen MR) is 100 cm³/mol. The van der Waals surface area contributed by atoms with Crippen molar-refractivity contribution < 1.29 is 9.53 Å². The van der Waals surface area contributed by atoms with Gasteiger partial charge < -0.3 is 15.8 Å². The van der Waals surface area contributed by atoms with Gasteiger partial charge in [-0.15, -0.1) is 0 Å². The maximum Gasteiger partial charge on any atom is 0.257 e. The molecule has 3 rings (SSSR count). The van der Waals surface area contributed by atoms with Gasteiger partial charge in [0.2, 0.25) is 5.88 Å². The van der Waals surface area contributed by atoms with Gasteiger partial charge in [-0.2, -0.15) is 0 Å². The smallest absolute Gasteiger partial charge is 0.257 e. The molecule has 1 amide bonds. The highest BCUT2D eigenvalue weighted by molar-refractivity contribution is 6.34. The molecule has 0 aliphatic heterocycles. The van der Waals surface area contributed by atoms with Crippen molar-refractivity contribution in [2.24, 2.45) is 0 Å². The van der Waals surface area contributed by atoms with E-state index in [1.807, 2.05) is 30.3 Å². The molecule has 2 aromatic carbocycles. The first-order chi connectivity index (χ1) is 12.1. The summed E-state index contributed by atoms with van der Waals surface area (Å²) in [6, 6.07) is 16.1. The lowest BCUT2D eigenvalue weighted by Crippen LogP contribution is -2.15. The summed E-state index contributed by atoms with van der Waals surface area (Å²) in [5.74, 6) is 0.133. The number of nitrogens with two attached hydrogens (primary N) is 1. The molecule has 1 heterocycles. The second-order valence-corrected chi connectivity index (χ2v) is 5.70. The van der Waals surface area contributed by atoms with E-state index < -0.39 is 0 Å². The number of carbonyl (C=O) groups excluding carboxylic acids is 1. The number of methoxy groups -OCH3 is 1. The Kier molecular flexibility index (Phi) is 4.86. The van der Waals surface area contributed by atoms with E-state index >= 15 is 0 Å². The van der Waals surface area contributed by atoms with E-state index in [1.54, 1.807) is 24.3 Å². The summed E-state index contributed by atoms with van der Waals surface area (Å²) in [6.45, 7) is 0. The molecular weight excluding hydrogens is 338 g/mol. The molecule has 5 nitrogen and oxygen atoms in total. The highest BCUT2D eigenvalue weighted by Gasteiger charge is 2.17. The number of nitrogens with one attached hydrogen (secondary N) is 1. The van der Waals surface area contributed by atoms with Crippen LogP contribution in [0.25, 0.3) is 11.1 Å². The predicted octanol–water partition coefficient (Wildman–Crippen LogP) is 4.25. The summed E-state index contributed by atoms with van der Waals surface area (Å²) < 4.78 is 5.00. The zero-order valence-corrected chi connectivity index (χ0v) is 14.2. The van der Waals surface area contributed by atoms with Gasteiger partial charge in [-0.05, 0) is 23.8 Å². The second kappa shape index (κ2) is 7.23. The molecule has 0 aliphatic rings. The number of halogens is 1. The average molecular weight is 354 g/mol. The minimum atomic E-state index is -0.335. The zero-order valence-electron chi connectivity index (χ0n) is 13.5. The number of rotatable bonds is 4. The summed E-state index contributed by atoms with van der Waals surface area (Å²) in [7, 11) is 1.53. The van der Waals surface area contributed by atoms with Crippen LogP contribution in [0.15, 0.2) is 60.8 Å². The normalized spacial score (nSPS) is 10.3. The highest BCUT2D eigenvalue weighted by Crippen LogP contribution is 2.35. The standard InChI is InChI=1S/C19H16ClN3O2/c1-25-16-10-7-13(11-22-16)23-19(24)14-8-9-15(20)17(18(14)21)12-5-3-2-4-6-12/h2-11H,21H2,1H3,(H,23,24). The highest BCUT2D eigenvalue weighted by atomic mass is 35.5. The van der Waals surface area contributed by atoms with Crippen LogP contribution in [0.4, 0.5) is 11.4 Å². The Labute approximate surface area is 150 Å². The molecule has 0 atom stereocenters. The summed E-state index contributed by atoms with van der Waals surface area (Å²) >= 11 is 6.30. The molecule has 0 unspecified atom stereocenters. The number of aromatic nitrogens is 1. The van der Waals surface area contributed by atoms with Gasteiger partial charge in [0.05, 0.1) is 35.3 Å². The topological polar surface area (TPSA) is 77.2 Å². The van der Waals surface area contributed by atoms with E-state index in [9.17, 15) is 4.79 Å². The number of hydrogen-bond acceptors (Lipinski definition) is 4. The van der Waals surface area contributed by atoms with Crippen LogP contribution in [-0.4, -0.2) is 18.0 Å². The SMILES string of the molecule is COc1ccc(NC(=O)c2ccc(Cl)c(-c3ccccc3)c2N)cn1. The van der Waals surface area contributed by atoms with Gasteiger partial charge in [0.1, 0.15) is 0 Å². The van der Waals surface area contributed by atoms with Crippen LogP contribution < -0.4 is 15.8 Å². The number of benzene rings is 2. The number of ether oxygens (including phenoxy) is 1. The molecule has 126 valence electrons. The molecule has 25 heavy (non-hydrogen) atoms. The molecule has 0 spiro atoms. The number of anilines is 2.